The van der Waals surface area contributed by atoms with Crippen molar-refractivity contribution in [1.82, 2.24) is 15.1 Å². The molecular weight excluding hydrogens is 286 g/mol. The lowest BCUT2D eigenvalue weighted by Crippen LogP contribution is -2.52. The quantitative estimate of drug-likeness (QED) is 0.748. The maximum atomic E-state index is 12.3. The number of hydrogen-bond acceptors (Lipinski definition) is 4. The molecule has 3 amide bonds. The topological polar surface area (TPSA) is 71.1 Å². The molecule has 0 saturated carbocycles. The van der Waals surface area contributed by atoms with E-state index in [2.05, 4.69) is 5.32 Å². The Bertz CT molecular complexity index is 364. The van der Waals surface area contributed by atoms with Gasteiger partial charge in [-0.2, -0.15) is 0 Å². The van der Waals surface area contributed by atoms with E-state index in [0.29, 0.717) is 59.0 Å². The van der Waals surface area contributed by atoms with Gasteiger partial charge in [-0.15, -0.1) is 0 Å². The number of ether oxygens (including phenoxy) is 2. The van der Waals surface area contributed by atoms with Crippen molar-refractivity contribution in [2.75, 3.05) is 52.6 Å². The summed E-state index contributed by atoms with van der Waals surface area (Å²) in [5.74, 6) is 0.0337. The summed E-state index contributed by atoms with van der Waals surface area (Å²) in [4.78, 5) is 27.8. The number of nitrogens with one attached hydrogen (secondary N) is 1. The molecule has 1 N–H and O–H groups in total. The SMILES string of the molecule is CCOCCC(=O)NC1CCN(C(=O)N2CCOCC2)CC1. The maximum Gasteiger partial charge on any atom is 0.320 e. The van der Waals surface area contributed by atoms with Gasteiger partial charge in [-0.3, -0.25) is 4.79 Å². The van der Waals surface area contributed by atoms with Crippen molar-refractivity contribution in [3.8, 4) is 0 Å². The van der Waals surface area contributed by atoms with Gasteiger partial charge in [-0.1, -0.05) is 0 Å². The summed E-state index contributed by atoms with van der Waals surface area (Å²) in [6.45, 7) is 7.01. The molecule has 0 atom stereocenters. The van der Waals surface area contributed by atoms with Crippen molar-refractivity contribution in [2.45, 2.75) is 32.2 Å². The Morgan fingerprint density at radius 3 is 2.41 bits per heavy atom. The van der Waals surface area contributed by atoms with Gasteiger partial charge >= 0.3 is 6.03 Å². The van der Waals surface area contributed by atoms with Crippen molar-refractivity contribution < 1.29 is 19.1 Å². The van der Waals surface area contributed by atoms with E-state index in [1.807, 2.05) is 16.7 Å². The predicted octanol–water partition coefficient (Wildman–Crippen LogP) is 0.446. The highest BCUT2D eigenvalue weighted by Gasteiger charge is 2.27. The summed E-state index contributed by atoms with van der Waals surface area (Å²) in [6, 6.07) is 0.271. The molecule has 0 radical (unpaired) electrons. The molecule has 0 aromatic rings. The summed E-state index contributed by atoms with van der Waals surface area (Å²) in [7, 11) is 0. The fraction of sp³-hybridized carbons (Fsp3) is 0.867. The first-order valence-electron chi connectivity index (χ1n) is 8.19. The highest BCUT2D eigenvalue weighted by molar-refractivity contribution is 5.76. The Morgan fingerprint density at radius 1 is 1.14 bits per heavy atom. The summed E-state index contributed by atoms with van der Waals surface area (Å²) in [5.41, 5.74) is 0. The number of carbonyl (C=O) groups is 2. The van der Waals surface area contributed by atoms with Crippen LogP contribution < -0.4 is 5.32 Å². The summed E-state index contributed by atoms with van der Waals surface area (Å²) in [5, 5.41) is 3.03. The molecule has 2 saturated heterocycles. The molecule has 0 unspecified atom stereocenters. The van der Waals surface area contributed by atoms with Crippen molar-refractivity contribution in [3.05, 3.63) is 0 Å². The van der Waals surface area contributed by atoms with Crippen molar-refractivity contribution in [1.29, 1.82) is 0 Å². The van der Waals surface area contributed by atoms with Gasteiger partial charge in [0.2, 0.25) is 5.91 Å². The fourth-order valence-corrected chi connectivity index (χ4v) is 2.78. The maximum absolute atomic E-state index is 12.3. The lowest BCUT2D eigenvalue weighted by molar-refractivity contribution is -0.123. The van der Waals surface area contributed by atoms with Gasteiger partial charge in [0, 0.05) is 45.2 Å². The first-order valence-corrected chi connectivity index (χ1v) is 8.19. The van der Waals surface area contributed by atoms with Gasteiger partial charge in [0.25, 0.3) is 0 Å². The number of morpholine rings is 1. The number of likely N-dealkylation sites (tertiary alicyclic amines) is 1. The number of amides is 3. The monoisotopic (exact) mass is 313 g/mol. The van der Waals surface area contributed by atoms with E-state index in [1.165, 1.54) is 0 Å². The standard InChI is InChI=1S/C15H27N3O4/c1-2-21-10-5-14(19)16-13-3-6-17(7-4-13)15(20)18-8-11-22-12-9-18/h13H,2-12H2,1H3,(H,16,19). The molecule has 0 aliphatic carbocycles. The predicted molar refractivity (Wildman–Crippen MR) is 81.6 cm³/mol. The van der Waals surface area contributed by atoms with E-state index >= 15 is 0 Å². The molecule has 22 heavy (non-hydrogen) atoms. The molecule has 7 nitrogen and oxygen atoms in total. The lowest BCUT2D eigenvalue weighted by Gasteiger charge is -2.37. The molecule has 2 aliphatic heterocycles. The van der Waals surface area contributed by atoms with E-state index in [9.17, 15) is 9.59 Å². The zero-order valence-electron chi connectivity index (χ0n) is 13.4. The van der Waals surface area contributed by atoms with Crippen LogP contribution in [0.25, 0.3) is 0 Å². The summed E-state index contributed by atoms with van der Waals surface area (Å²) in [6.07, 6.45) is 2.04. The van der Waals surface area contributed by atoms with Crippen LogP contribution in [0.5, 0.6) is 0 Å². The second kappa shape index (κ2) is 8.95. The van der Waals surface area contributed by atoms with Gasteiger partial charge in [0.1, 0.15) is 0 Å². The Labute approximate surface area is 131 Å². The third kappa shape index (κ3) is 5.14. The van der Waals surface area contributed by atoms with Crippen LogP contribution in [0.1, 0.15) is 26.2 Å². The number of piperidine rings is 1. The molecule has 7 heteroatoms. The highest BCUT2D eigenvalue weighted by atomic mass is 16.5. The average molecular weight is 313 g/mol. The molecule has 126 valence electrons. The Balaban J connectivity index is 1.66. The molecule has 0 aromatic carbocycles. The summed E-state index contributed by atoms with van der Waals surface area (Å²) >= 11 is 0. The molecule has 2 heterocycles. The Kier molecular flexibility index (Phi) is 6.92. The van der Waals surface area contributed by atoms with Crippen LogP contribution in [0.15, 0.2) is 0 Å². The van der Waals surface area contributed by atoms with Crippen LogP contribution in [-0.2, 0) is 14.3 Å². The van der Waals surface area contributed by atoms with E-state index in [1.54, 1.807) is 0 Å². The van der Waals surface area contributed by atoms with Crippen LogP contribution >= 0.6 is 0 Å². The van der Waals surface area contributed by atoms with Gasteiger partial charge in [0.05, 0.1) is 19.8 Å². The van der Waals surface area contributed by atoms with Gasteiger partial charge in [-0.05, 0) is 19.8 Å². The lowest BCUT2D eigenvalue weighted by atomic mass is 10.1. The second-order valence-electron chi connectivity index (χ2n) is 5.66. The minimum atomic E-state index is 0.0337. The molecule has 0 spiro atoms. The first-order chi connectivity index (χ1) is 10.7. The number of carbonyl (C=O) groups excluding carboxylic acids is 2. The smallest absolute Gasteiger partial charge is 0.320 e. The number of rotatable bonds is 5. The number of nitrogens with zero attached hydrogens (tertiary/aromatic N) is 2. The molecule has 0 bridgehead atoms. The normalized spacial score (nSPS) is 20.0. The van der Waals surface area contributed by atoms with E-state index in [-0.39, 0.29) is 18.0 Å². The second-order valence-corrected chi connectivity index (χ2v) is 5.66. The average Bonchev–Trinajstić information content (AvgIpc) is 2.56. The molecular formula is C15H27N3O4. The van der Waals surface area contributed by atoms with E-state index < -0.39 is 0 Å². The number of hydrogen-bond donors (Lipinski definition) is 1. The largest absolute Gasteiger partial charge is 0.381 e. The third-order valence-corrected chi connectivity index (χ3v) is 4.09. The minimum absolute atomic E-state index is 0.0337. The van der Waals surface area contributed by atoms with Crippen LogP contribution in [-0.4, -0.2) is 80.4 Å². The zero-order valence-corrected chi connectivity index (χ0v) is 13.4. The van der Waals surface area contributed by atoms with Crippen LogP contribution in [0, 0.1) is 0 Å². The van der Waals surface area contributed by atoms with Crippen molar-refractivity contribution >= 4 is 11.9 Å². The van der Waals surface area contributed by atoms with E-state index in [4.69, 9.17) is 9.47 Å². The van der Waals surface area contributed by atoms with Crippen LogP contribution in [0.3, 0.4) is 0 Å². The summed E-state index contributed by atoms with van der Waals surface area (Å²) < 4.78 is 10.4. The minimum Gasteiger partial charge on any atom is -0.381 e. The highest BCUT2D eigenvalue weighted by Crippen LogP contribution is 2.13. The third-order valence-electron chi connectivity index (χ3n) is 4.09. The molecule has 2 fully saturated rings. The number of urea groups is 1. The van der Waals surface area contributed by atoms with E-state index in [0.717, 1.165) is 12.8 Å². The van der Waals surface area contributed by atoms with Crippen LogP contribution in [0.4, 0.5) is 4.79 Å². The van der Waals surface area contributed by atoms with Gasteiger partial charge < -0.3 is 24.6 Å². The fourth-order valence-electron chi connectivity index (χ4n) is 2.78. The van der Waals surface area contributed by atoms with Gasteiger partial charge in [0.15, 0.2) is 0 Å². The molecule has 2 aliphatic rings. The zero-order chi connectivity index (χ0) is 15.8. The van der Waals surface area contributed by atoms with Crippen LogP contribution in [0.2, 0.25) is 0 Å². The van der Waals surface area contributed by atoms with Gasteiger partial charge in [-0.25, -0.2) is 4.79 Å². The Morgan fingerprint density at radius 2 is 1.77 bits per heavy atom. The van der Waals surface area contributed by atoms with Crippen molar-refractivity contribution in [2.24, 2.45) is 0 Å². The Hall–Kier alpha value is -1.34. The van der Waals surface area contributed by atoms with Crippen molar-refractivity contribution in [3.63, 3.8) is 0 Å². The molecule has 2 rings (SSSR count). The molecule has 0 aromatic heterocycles. The first kappa shape index (κ1) is 17.0.